The molecule has 0 aliphatic heterocycles. The van der Waals surface area contributed by atoms with Gasteiger partial charge in [0.1, 0.15) is 11.4 Å². The van der Waals surface area contributed by atoms with Gasteiger partial charge in [-0.2, -0.15) is 0 Å². The van der Waals surface area contributed by atoms with Crippen molar-refractivity contribution in [2.45, 2.75) is 45.1 Å². The summed E-state index contributed by atoms with van der Waals surface area (Å²) >= 11 is 0. The van der Waals surface area contributed by atoms with Gasteiger partial charge in [0.2, 0.25) is 0 Å². The largest absolute Gasteiger partial charge is 0.489 e. The number of carboxylic acids is 1. The van der Waals surface area contributed by atoms with Crippen LogP contribution < -0.4 is 4.74 Å². The van der Waals surface area contributed by atoms with Crippen molar-refractivity contribution in [1.82, 2.24) is 4.98 Å². The third-order valence-electron chi connectivity index (χ3n) is 3.63. The first-order valence-electron chi connectivity index (χ1n) is 6.55. The SMILES string of the molecule is CCC1CCC(Oc2ccc(C(=O)O)nc2)CC1. The van der Waals surface area contributed by atoms with Crippen molar-refractivity contribution in [1.29, 1.82) is 0 Å². The number of carbonyl (C=O) groups is 1. The molecule has 0 aromatic carbocycles. The molecule has 1 N–H and O–H groups in total. The fourth-order valence-electron chi connectivity index (χ4n) is 2.43. The normalized spacial score (nSPS) is 23.6. The van der Waals surface area contributed by atoms with E-state index in [0.717, 1.165) is 18.8 Å². The number of rotatable bonds is 4. The van der Waals surface area contributed by atoms with Gasteiger partial charge in [0.25, 0.3) is 0 Å². The Hall–Kier alpha value is -1.58. The third-order valence-corrected chi connectivity index (χ3v) is 3.63. The monoisotopic (exact) mass is 249 g/mol. The molecule has 0 amide bonds. The van der Waals surface area contributed by atoms with Crippen LogP contribution in [0.2, 0.25) is 0 Å². The Morgan fingerprint density at radius 3 is 2.61 bits per heavy atom. The van der Waals surface area contributed by atoms with Crippen LogP contribution in [0.4, 0.5) is 0 Å². The van der Waals surface area contributed by atoms with Gasteiger partial charge in [-0.3, -0.25) is 0 Å². The Morgan fingerprint density at radius 2 is 2.11 bits per heavy atom. The van der Waals surface area contributed by atoms with E-state index < -0.39 is 5.97 Å². The highest BCUT2D eigenvalue weighted by Gasteiger charge is 2.21. The van der Waals surface area contributed by atoms with E-state index in [-0.39, 0.29) is 11.8 Å². The molecular formula is C14H19NO3. The van der Waals surface area contributed by atoms with Gasteiger partial charge in [0.15, 0.2) is 0 Å². The van der Waals surface area contributed by atoms with Gasteiger partial charge in [-0.25, -0.2) is 9.78 Å². The van der Waals surface area contributed by atoms with Crippen molar-refractivity contribution in [3.05, 3.63) is 24.0 Å². The first-order valence-corrected chi connectivity index (χ1v) is 6.55. The number of hydrogen-bond donors (Lipinski definition) is 1. The first-order chi connectivity index (χ1) is 8.69. The molecule has 1 fully saturated rings. The van der Waals surface area contributed by atoms with E-state index in [0.29, 0.717) is 5.75 Å². The zero-order chi connectivity index (χ0) is 13.0. The topological polar surface area (TPSA) is 59.4 Å². The summed E-state index contributed by atoms with van der Waals surface area (Å²) in [7, 11) is 0. The molecule has 18 heavy (non-hydrogen) atoms. The zero-order valence-corrected chi connectivity index (χ0v) is 10.6. The summed E-state index contributed by atoms with van der Waals surface area (Å²) in [5.74, 6) is 0.502. The molecule has 0 atom stereocenters. The second kappa shape index (κ2) is 5.85. The van der Waals surface area contributed by atoms with Crippen molar-refractivity contribution in [3.8, 4) is 5.75 Å². The van der Waals surface area contributed by atoms with E-state index in [1.165, 1.54) is 31.5 Å². The number of pyridine rings is 1. The van der Waals surface area contributed by atoms with Gasteiger partial charge in [0.05, 0.1) is 12.3 Å². The maximum atomic E-state index is 10.7. The lowest BCUT2D eigenvalue weighted by Gasteiger charge is -2.28. The molecule has 2 rings (SSSR count). The third kappa shape index (κ3) is 3.22. The van der Waals surface area contributed by atoms with Crippen LogP contribution in [0.15, 0.2) is 18.3 Å². The lowest BCUT2D eigenvalue weighted by atomic mass is 9.86. The number of aromatic nitrogens is 1. The Kier molecular flexibility index (Phi) is 4.18. The molecule has 0 spiro atoms. The predicted molar refractivity (Wildman–Crippen MR) is 67.9 cm³/mol. The van der Waals surface area contributed by atoms with Crippen LogP contribution >= 0.6 is 0 Å². The molecule has 1 heterocycles. The average molecular weight is 249 g/mol. The highest BCUT2D eigenvalue weighted by Crippen LogP contribution is 2.29. The van der Waals surface area contributed by atoms with Gasteiger partial charge in [-0.15, -0.1) is 0 Å². The molecule has 1 aliphatic rings. The fraction of sp³-hybridized carbons (Fsp3) is 0.571. The van der Waals surface area contributed by atoms with Crippen LogP contribution in [-0.4, -0.2) is 22.2 Å². The van der Waals surface area contributed by atoms with Crippen molar-refractivity contribution in [3.63, 3.8) is 0 Å². The average Bonchev–Trinajstić information content (AvgIpc) is 2.40. The first kappa shape index (κ1) is 12.9. The van der Waals surface area contributed by atoms with Crippen LogP contribution in [0.5, 0.6) is 5.75 Å². The van der Waals surface area contributed by atoms with Gasteiger partial charge >= 0.3 is 5.97 Å². The molecule has 0 unspecified atom stereocenters. The van der Waals surface area contributed by atoms with E-state index in [2.05, 4.69) is 11.9 Å². The molecule has 0 bridgehead atoms. The predicted octanol–water partition coefficient (Wildman–Crippen LogP) is 3.13. The highest BCUT2D eigenvalue weighted by molar-refractivity contribution is 5.85. The molecule has 1 aliphatic carbocycles. The summed E-state index contributed by atoms with van der Waals surface area (Å²) in [5.41, 5.74) is 0.0528. The van der Waals surface area contributed by atoms with Crippen molar-refractivity contribution in [2.75, 3.05) is 0 Å². The Morgan fingerprint density at radius 1 is 1.39 bits per heavy atom. The van der Waals surface area contributed by atoms with Crippen LogP contribution in [0.3, 0.4) is 0 Å². The van der Waals surface area contributed by atoms with Crippen molar-refractivity contribution >= 4 is 5.97 Å². The molecule has 98 valence electrons. The molecule has 1 aromatic heterocycles. The van der Waals surface area contributed by atoms with Crippen LogP contribution in [0.1, 0.15) is 49.5 Å². The van der Waals surface area contributed by atoms with Crippen molar-refractivity contribution in [2.24, 2.45) is 5.92 Å². The second-order valence-corrected chi connectivity index (χ2v) is 4.85. The molecule has 0 saturated heterocycles. The molecule has 4 heteroatoms. The number of aromatic carboxylic acids is 1. The quantitative estimate of drug-likeness (QED) is 0.890. The van der Waals surface area contributed by atoms with Crippen LogP contribution in [0, 0.1) is 5.92 Å². The molecule has 1 aromatic rings. The number of ether oxygens (including phenoxy) is 1. The second-order valence-electron chi connectivity index (χ2n) is 4.85. The maximum absolute atomic E-state index is 10.7. The van der Waals surface area contributed by atoms with Gasteiger partial charge in [-0.1, -0.05) is 13.3 Å². The lowest BCUT2D eigenvalue weighted by Crippen LogP contribution is -2.23. The summed E-state index contributed by atoms with van der Waals surface area (Å²) in [4.78, 5) is 14.5. The minimum absolute atomic E-state index is 0.0528. The van der Waals surface area contributed by atoms with Crippen LogP contribution in [0.25, 0.3) is 0 Å². The fourth-order valence-corrected chi connectivity index (χ4v) is 2.43. The number of hydrogen-bond acceptors (Lipinski definition) is 3. The van der Waals surface area contributed by atoms with Crippen molar-refractivity contribution < 1.29 is 14.6 Å². The lowest BCUT2D eigenvalue weighted by molar-refractivity contribution is 0.0690. The van der Waals surface area contributed by atoms with Gasteiger partial charge in [0, 0.05) is 0 Å². The minimum atomic E-state index is -1.01. The summed E-state index contributed by atoms with van der Waals surface area (Å²) in [6.07, 6.45) is 7.61. The van der Waals surface area contributed by atoms with Crippen LogP contribution in [-0.2, 0) is 0 Å². The van der Waals surface area contributed by atoms with Gasteiger partial charge < -0.3 is 9.84 Å². The standard InChI is InChI=1S/C14H19NO3/c1-2-10-3-5-11(6-4-10)18-12-7-8-13(14(16)17)15-9-12/h7-11H,2-6H2,1H3,(H,16,17). The van der Waals surface area contributed by atoms with Gasteiger partial charge in [-0.05, 0) is 43.7 Å². The van der Waals surface area contributed by atoms with E-state index >= 15 is 0 Å². The van der Waals surface area contributed by atoms with E-state index in [9.17, 15) is 4.79 Å². The highest BCUT2D eigenvalue weighted by atomic mass is 16.5. The number of carboxylic acid groups (broad SMARTS) is 1. The van der Waals surface area contributed by atoms with E-state index in [1.807, 2.05) is 0 Å². The molecule has 4 nitrogen and oxygen atoms in total. The smallest absolute Gasteiger partial charge is 0.354 e. The van der Waals surface area contributed by atoms with E-state index in [4.69, 9.17) is 9.84 Å². The zero-order valence-electron chi connectivity index (χ0n) is 10.6. The summed E-state index contributed by atoms with van der Waals surface area (Å²) in [6, 6.07) is 3.16. The molecular weight excluding hydrogens is 230 g/mol. The molecule has 1 saturated carbocycles. The minimum Gasteiger partial charge on any atom is -0.489 e. The van der Waals surface area contributed by atoms with E-state index in [1.54, 1.807) is 6.07 Å². The Labute approximate surface area is 107 Å². The Balaban J connectivity index is 1.88. The number of nitrogens with zero attached hydrogens (tertiary/aromatic N) is 1. The Bertz CT molecular complexity index is 394. The molecule has 0 radical (unpaired) electrons. The summed E-state index contributed by atoms with van der Waals surface area (Å²) < 4.78 is 5.83. The summed E-state index contributed by atoms with van der Waals surface area (Å²) in [5, 5.41) is 8.75. The maximum Gasteiger partial charge on any atom is 0.354 e. The summed E-state index contributed by atoms with van der Waals surface area (Å²) in [6.45, 7) is 2.24.